The summed E-state index contributed by atoms with van der Waals surface area (Å²) in [6.07, 6.45) is 24.1. The lowest BCUT2D eigenvalue weighted by Gasteiger charge is -1.98. The average Bonchev–Trinajstić information content (AvgIpc) is 2.39. The smallest absolute Gasteiger partial charge is 0.000473 e. The predicted octanol–water partition coefficient (Wildman–Crippen LogP) is 6.84. The van der Waals surface area contributed by atoms with E-state index in [1.165, 1.54) is 75.1 Å². The highest BCUT2D eigenvalue weighted by molar-refractivity contribution is 14.1. The molecule has 0 radical (unpaired) electrons. The number of hydrogen-bond acceptors (Lipinski definition) is 0. The van der Waals surface area contributed by atoms with E-state index in [-0.39, 0.29) is 0 Å². The Morgan fingerprint density at radius 1 is 0.667 bits per heavy atom. The molecule has 0 N–H and O–H groups in total. The zero-order valence-corrected chi connectivity index (χ0v) is 14.3. The first kappa shape index (κ1) is 18.2. The molecule has 0 atom stereocenters. The molecular weight excluding hydrogens is 331 g/mol. The fourth-order valence-corrected chi connectivity index (χ4v) is 2.46. The molecule has 0 rings (SSSR count). The summed E-state index contributed by atoms with van der Waals surface area (Å²) in [4.78, 5) is 0. The van der Waals surface area contributed by atoms with Crippen LogP contribution >= 0.6 is 22.6 Å². The van der Waals surface area contributed by atoms with Crippen molar-refractivity contribution in [2.45, 2.75) is 77.6 Å². The first-order chi connectivity index (χ1) is 8.91. The van der Waals surface area contributed by atoms with E-state index in [0.717, 1.165) is 0 Å². The third-order valence-corrected chi connectivity index (χ3v) is 3.87. The lowest BCUT2D eigenvalue weighted by molar-refractivity contribution is 0.614. The molecule has 0 nitrogen and oxygen atoms in total. The summed E-state index contributed by atoms with van der Waals surface area (Å²) in [6.45, 7) is 2.26. The van der Waals surface area contributed by atoms with Gasteiger partial charge in [-0.1, -0.05) is 92.3 Å². The Kier molecular flexibility index (Phi) is 17.4. The predicted molar refractivity (Wildman–Crippen MR) is 93.6 cm³/mol. The summed E-state index contributed by atoms with van der Waals surface area (Å²) in [5, 5.41) is 0. The minimum Gasteiger partial charge on any atom is -0.0864 e. The first-order valence-electron chi connectivity index (χ1n) is 7.79. The minimum atomic E-state index is 1.25. The minimum absolute atomic E-state index is 1.25. The third kappa shape index (κ3) is 16.2. The lowest BCUT2D eigenvalue weighted by atomic mass is 10.1. The number of allylic oxidation sites excluding steroid dienone is 4. The second kappa shape index (κ2) is 17.2. The van der Waals surface area contributed by atoms with E-state index in [1.807, 2.05) is 0 Å². The molecule has 0 heterocycles. The molecule has 0 aliphatic rings. The Hall–Kier alpha value is 0.210. The van der Waals surface area contributed by atoms with Gasteiger partial charge in [0.2, 0.25) is 0 Å². The molecule has 18 heavy (non-hydrogen) atoms. The summed E-state index contributed by atoms with van der Waals surface area (Å²) >= 11 is 2.47. The topological polar surface area (TPSA) is 0 Å². The van der Waals surface area contributed by atoms with Crippen LogP contribution in [0.2, 0.25) is 0 Å². The van der Waals surface area contributed by atoms with E-state index in [2.05, 4.69) is 53.8 Å². The van der Waals surface area contributed by atoms with Gasteiger partial charge in [0, 0.05) is 0 Å². The van der Waals surface area contributed by atoms with Crippen molar-refractivity contribution < 1.29 is 0 Å². The fraction of sp³-hybridized carbons (Fsp3) is 0.765. The van der Waals surface area contributed by atoms with Crippen molar-refractivity contribution in [3.8, 4) is 0 Å². The molecule has 0 aromatic carbocycles. The van der Waals surface area contributed by atoms with E-state index in [4.69, 9.17) is 0 Å². The summed E-state index contributed by atoms with van der Waals surface area (Å²) in [6, 6.07) is 0. The van der Waals surface area contributed by atoms with Crippen LogP contribution in [0.4, 0.5) is 0 Å². The highest BCUT2D eigenvalue weighted by atomic mass is 127. The van der Waals surface area contributed by atoms with Crippen molar-refractivity contribution in [3.63, 3.8) is 0 Å². The molecule has 106 valence electrons. The van der Waals surface area contributed by atoms with Crippen LogP contribution in [0.15, 0.2) is 24.3 Å². The largest absolute Gasteiger partial charge is 0.0864 e. The van der Waals surface area contributed by atoms with E-state index in [9.17, 15) is 0 Å². The molecule has 0 amide bonds. The van der Waals surface area contributed by atoms with Crippen LogP contribution in [-0.2, 0) is 0 Å². The maximum atomic E-state index is 2.47. The zero-order chi connectivity index (χ0) is 13.3. The van der Waals surface area contributed by atoms with Crippen molar-refractivity contribution in [2.24, 2.45) is 0 Å². The Labute approximate surface area is 128 Å². The van der Waals surface area contributed by atoms with Crippen molar-refractivity contribution in [1.29, 1.82) is 0 Å². The monoisotopic (exact) mass is 362 g/mol. The first-order valence-corrected chi connectivity index (χ1v) is 9.32. The van der Waals surface area contributed by atoms with Crippen molar-refractivity contribution >= 4 is 22.6 Å². The lowest BCUT2D eigenvalue weighted by Crippen LogP contribution is -1.79. The van der Waals surface area contributed by atoms with Crippen LogP contribution < -0.4 is 0 Å². The molecule has 1 heteroatoms. The molecular formula is C17H31I. The molecule has 0 aliphatic heterocycles. The van der Waals surface area contributed by atoms with Gasteiger partial charge >= 0.3 is 0 Å². The Balaban J connectivity index is 3.13. The van der Waals surface area contributed by atoms with Gasteiger partial charge in [-0.25, -0.2) is 0 Å². The van der Waals surface area contributed by atoms with Gasteiger partial charge in [-0.3, -0.25) is 0 Å². The van der Waals surface area contributed by atoms with Crippen LogP contribution in [0, 0.1) is 0 Å². The SMILES string of the molecule is CCCCCC=CC=CCCCCCCCCI. The number of halogens is 1. The highest BCUT2D eigenvalue weighted by Gasteiger charge is 1.89. The molecule has 0 aliphatic carbocycles. The zero-order valence-electron chi connectivity index (χ0n) is 12.2. The second-order valence-electron chi connectivity index (χ2n) is 4.95. The molecule has 0 saturated carbocycles. The van der Waals surface area contributed by atoms with Gasteiger partial charge in [0.1, 0.15) is 0 Å². The van der Waals surface area contributed by atoms with Gasteiger partial charge < -0.3 is 0 Å². The second-order valence-corrected chi connectivity index (χ2v) is 6.03. The van der Waals surface area contributed by atoms with Crippen LogP contribution in [0.25, 0.3) is 0 Å². The average molecular weight is 362 g/mol. The van der Waals surface area contributed by atoms with Crippen molar-refractivity contribution in [2.75, 3.05) is 4.43 Å². The normalized spacial score (nSPS) is 11.9. The summed E-state index contributed by atoms with van der Waals surface area (Å²) in [5.74, 6) is 0. The third-order valence-electron chi connectivity index (χ3n) is 3.11. The van der Waals surface area contributed by atoms with Gasteiger partial charge in [-0.15, -0.1) is 0 Å². The molecule has 0 aromatic rings. The summed E-state index contributed by atoms with van der Waals surface area (Å²) in [7, 11) is 0. The van der Waals surface area contributed by atoms with E-state index in [1.54, 1.807) is 0 Å². The van der Waals surface area contributed by atoms with Crippen molar-refractivity contribution in [3.05, 3.63) is 24.3 Å². The standard InChI is InChI=1S/C17H31I/c1-2-3-4-5-6-7-8-9-10-11-12-13-14-15-16-17-18/h6-9H,2-5,10-17H2,1H3. The van der Waals surface area contributed by atoms with E-state index in [0.29, 0.717) is 0 Å². The van der Waals surface area contributed by atoms with Crippen LogP contribution in [0.3, 0.4) is 0 Å². The number of alkyl halides is 1. The maximum absolute atomic E-state index is 2.47. The Morgan fingerprint density at radius 3 is 1.72 bits per heavy atom. The van der Waals surface area contributed by atoms with Gasteiger partial charge in [0.15, 0.2) is 0 Å². The Morgan fingerprint density at radius 2 is 1.17 bits per heavy atom. The molecule has 0 fully saturated rings. The molecule has 0 bridgehead atoms. The quantitative estimate of drug-likeness (QED) is 0.146. The Bertz CT molecular complexity index is 194. The van der Waals surface area contributed by atoms with Crippen LogP contribution in [0.1, 0.15) is 77.6 Å². The van der Waals surface area contributed by atoms with E-state index < -0.39 is 0 Å². The van der Waals surface area contributed by atoms with E-state index >= 15 is 0 Å². The highest BCUT2D eigenvalue weighted by Crippen LogP contribution is 2.08. The number of rotatable bonds is 13. The van der Waals surface area contributed by atoms with Gasteiger partial charge in [0.05, 0.1) is 0 Å². The maximum Gasteiger partial charge on any atom is -0.000473 e. The molecule has 0 unspecified atom stereocenters. The summed E-state index contributed by atoms with van der Waals surface area (Å²) in [5.41, 5.74) is 0. The van der Waals surface area contributed by atoms with Crippen molar-refractivity contribution in [1.82, 2.24) is 0 Å². The number of hydrogen-bond donors (Lipinski definition) is 0. The van der Waals surface area contributed by atoms with Gasteiger partial charge in [-0.05, 0) is 36.5 Å². The molecule has 0 aromatic heterocycles. The van der Waals surface area contributed by atoms with Crippen LogP contribution in [0.5, 0.6) is 0 Å². The van der Waals surface area contributed by atoms with Gasteiger partial charge in [0.25, 0.3) is 0 Å². The molecule has 0 saturated heterocycles. The molecule has 0 spiro atoms. The summed E-state index contributed by atoms with van der Waals surface area (Å²) < 4.78 is 1.32. The van der Waals surface area contributed by atoms with Crippen LogP contribution in [-0.4, -0.2) is 4.43 Å². The fourth-order valence-electron chi connectivity index (χ4n) is 1.93. The van der Waals surface area contributed by atoms with Gasteiger partial charge in [-0.2, -0.15) is 0 Å². The number of unbranched alkanes of at least 4 members (excludes halogenated alkanes) is 9.